The fourth-order valence-electron chi connectivity index (χ4n) is 1.57. The highest BCUT2D eigenvalue weighted by atomic mass is 16.5. The molecule has 1 saturated heterocycles. The summed E-state index contributed by atoms with van der Waals surface area (Å²) in [5.74, 6) is 0.722. The summed E-state index contributed by atoms with van der Waals surface area (Å²) in [5.41, 5.74) is 5.83. The molecule has 0 unspecified atom stereocenters. The third-order valence-corrected chi connectivity index (χ3v) is 2.60. The molecule has 0 radical (unpaired) electrons. The Kier molecular flexibility index (Phi) is 2.60. The number of carbonyl (C=O) groups is 1. The zero-order chi connectivity index (χ0) is 11.7. The first-order chi connectivity index (χ1) is 7.56. The Labute approximate surface area is 93.4 Å². The van der Waals surface area contributed by atoms with E-state index in [4.69, 9.17) is 10.5 Å². The lowest BCUT2D eigenvalue weighted by atomic mass is 10.1. The number of hydrogen-bond donors (Lipinski definition) is 2. The van der Waals surface area contributed by atoms with E-state index in [0.29, 0.717) is 24.5 Å². The molecule has 1 aliphatic rings. The van der Waals surface area contributed by atoms with Crippen LogP contribution in [0.25, 0.3) is 0 Å². The maximum absolute atomic E-state index is 10.9. The van der Waals surface area contributed by atoms with Crippen LogP contribution in [0.15, 0.2) is 18.2 Å². The van der Waals surface area contributed by atoms with Gasteiger partial charge in [0.25, 0.3) is 0 Å². The average Bonchev–Trinajstić information content (AvgIpc) is 2.15. The highest BCUT2D eigenvalue weighted by Gasteiger charge is 2.30. The van der Waals surface area contributed by atoms with E-state index < -0.39 is 0 Å². The van der Waals surface area contributed by atoms with Crippen molar-refractivity contribution < 1.29 is 14.6 Å². The third kappa shape index (κ3) is 2.03. The zero-order valence-electron chi connectivity index (χ0n) is 9.01. The van der Waals surface area contributed by atoms with Gasteiger partial charge in [0, 0.05) is 13.0 Å². The highest BCUT2D eigenvalue weighted by Crippen LogP contribution is 2.26. The van der Waals surface area contributed by atoms with Gasteiger partial charge >= 0.3 is 0 Å². The van der Waals surface area contributed by atoms with Crippen molar-refractivity contribution in [2.45, 2.75) is 13.0 Å². The van der Waals surface area contributed by atoms with Gasteiger partial charge in [-0.2, -0.15) is 0 Å². The first-order valence-electron chi connectivity index (χ1n) is 5.07. The van der Waals surface area contributed by atoms with Crippen molar-refractivity contribution in [3.8, 4) is 11.5 Å². The standard InChI is InChI=1S/C11H14N2O3/c1-7(14)13-5-9(6-13)16-8-2-3-11(15)10(12)4-8/h2-4,9,15H,5-6,12H2,1H3. The Morgan fingerprint density at radius 1 is 1.56 bits per heavy atom. The van der Waals surface area contributed by atoms with Crippen LogP contribution < -0.4 is 10.5 Å². The van der Waals surface area contributed by atoms with Gasteiger partial charge in [0.05, 0.1) is 18.8 Å². The van der Waals surface area contributed by atoms with E-state index in [9.17, 15) is 9.90 Å². The minimum atomic E-state index is 0.0212. The largest absolute Gasteiger partial charge is 0.506 e. The topological polar surface area (TPSA) is 75.8 Å². The fourth-order valence-corrected chi connectivity index (χ4v) is 1.57. The minimum Gasteiger partial charge on any atom is -0.506 e. The van der Waals surface area contributed by atoms with Crippen molar-refractivity contribution in [2.75, 3.05) is 18.8 Å². The molecule has 1 heterocycles. The van der Waals surface area contributed by atoms with Gasteiger partial charge in [-0.1, -0.05) is 0 Å². The SMILES string of the molecule is CC(=O)N1CC(Oc2ccc(O)c(N)c2)C1. The van der Waals surface area contributed by atoms with Gasteiger partial charge in [0.15, 0.2) is 0 Å². The number of amides is 1. The first kappa shape index (κ1) is 10.6. The number of carbonyl (C=O) groups excluding carboxylic acids is 1. The number of ether oxygens (including phenoxy) is 1. The van der Waals surface area contributed by atoms with Gasteiger partial charge < -0.3 is 20.5 Å². The predicted octanol–water partition coefficient (Wildman–Crippen LogP) is 0.584. The van der Waals surface area contributed by atoms with Crippen molar-refractivity contribution in [3.63, 3.8) is 0 Å². The highest BCUT2D eigenvalue weighted by molar-refractivity contribution is 5.74. The normalized spacial score (nSPS) is 15.7. The predicted molar refractivity (Wildman–Crippen MR) is 59.2 cm³/mol. The lowest BCUT2D eigenvalue weighted by Gasteiger charge is -2.38. The van der Waals surface area contributed by atoms with Crippen LogP contribution in [0.3, 0.4) is 0 Å². The Bertz CT molecular complexity index is 414. The van der Waals surface area contributed by atoms with Crippen LogP contribution in [0.2, 0.25) is 0 Å². The van der Waals surface area contributed by atoms with Crippen molar-refractivity contribution in [1.29, 1.82) is 0 Å². The van der Waals surface area contributed by atoms with E-state index in [0.717, 1.165) is 0 Å². The molecule has 16 heavy (non-hydrogen) atoms. The van der Waals surface area contributed by atoms with Gasteiger partial charge in [-0.3, -0.25) is 4.79 Å². The number of phenols is 1. The molecule has 86 valence electrons. The summed E-state index contributed by atoms with van der Waals surface area (Å²) < 4.78 is 5.58. The third-order valence-electron chi connectivity index (χ3n) is 2.60. The molecule has 0 bridgehead atoms. The Hall–Kier alpha value is -1.91. The molecule has 1 amide bonds. The first-order valence-corrected chi connectivity index (χ1v) is 5.07. The molecule has 0 atom stereocenters. The van der Waals surface area contributed by atoms with Crippen molar-refractivity contribution in [1.82, 2.24) is 4.90 Å². The van der Waals surface area contributed by atoms with Crippen LogP contribution in [0.5, 0.6) is 11.5 Å². The molecule has 0 aromatic heterocycles. The van der Waals surface area contributed by atoms with Gasteiger partial charge in [0.2, 0.25) is 5.91 Å². The molecule has 0 spiro atoms. The van der Waals surface area contributed by atoms with E-state index in [2.05, 4.69) is 0 Å². The minimum absolute atomic E-state index is 0.0212. The number of nitrogens with zero attached hydrogens (tertiary/aromatic N) is 1. The van der Waals surface area contributed by atoms with Crippen LogP contribution in [0, 0.1) is 0 Å². The molecular weight excluding hydrogens is 208 g/mol. The molecule has 1 fully saturated rings. The van der Waals surface area contributed by atoms with Crippen LogP contribution >= 0.6 is 0 Å². The number of benzene rings is 1. The molecule has 0 saturated carbocycles. The Morgan fingerprint density at radius 2 is 2.25 bits per heavy atom. The number of nitrogen functional groups attached to an aromatic ring is 1. The molecule has 1 aliphatic heterocycles. The summed E-state index contributed by atoms with van der Waals surface area (Å²) in [6.45, 7) is 2.75. The van der Waals surface area contributed by atoms with E-state index in [-0.39, 0.29) is 17.8 Å². The number of anilines is 1. The van der Waals surface area contributed by atoms with Gasteiger partial charge in [0.1, 0.15) is 17.6 Å². The van der Waals surface area contributed by atoms with Gasteiger partial charge in [-0.25, -0.2) is 0 Å². The summed E-state index contributed by atoms with van der Waals surface area (Å²) in [7, 11) is 0. The maximum Gasteiger partial charge on any atom is 0.219 e. The van der Waals surface area contributed by atoms with Crippen LogP contribution in [-0.2, 0) is 4.79 Å². The molecule has 1 aromatic carbocycles. The zero-order valence-corrected chi connectivity index (χ0v) is 9.01. The van der Waals surface area contributed by atoms with E-state index >= 15 is 0 Å². The van der Waals surface area contributed by atoms with Crippen molar-refractivity contribution >= 4 is 11.6 Å². The Morgan fingerprint density at radius 3 is 2.81 bits per heavy atom. The summed E-state index contributed by atoms with van der Waals surface area (Å²) in [6.07, 6.45) is 0.0212. The van der Waals surface area contributed by atoms with E-state index in [1.165, 1.54) is 13.0 Å². The number of likely N-dealkylation sites (tertiary alicyclic amines) is 1. The van der Waals surface area contributed by atoms with Crippen LogP contribution in [0.1, 0.15) is 6.92 Å². The fraction of sp³-hybridized carbons (Fsp3) is 0.364. The van der Waals surface area contributed by atoms with Crippen molar-refractivity contribution in [3.05, 3.63) is 18.2 Å². The molecular formula is C11H14N2O3. The number of nitrogens with two attached hydrogens (primary N) is 1. The summed E-state index contributed by atoms with van der Waals surface area (Å²) in [4.78, 5) is 12.6. The van der Waals surface area contributed by atoms with Crippen LogP contribution in [0.4, 0.5) is 5.69 Å². The molecule has 5 heteroatoms. The van der Waals surface area contributed by atoms with Gasteiger partial charge in [-0.05, 0) is 12.1 Å². The number of rotatable bonds is 2. The molecule has 1 aromatic rings. The summed E-state index contributed by atoms with van der Waals surface area (Å²) in [6, 6.07) is 4.72. The van der Waals surface area contributed by atoms with Crippen molar-refractivity contribution in [2.24, 2.45) is 0 Å². The maximum atomic E-state index is 10.9. The molecule has 5 nitrogen and oxygen atoms in total. The second-order valence-electron chi connectivity index (χ2n) is 3.88. The lowest BCUT2D eigenvalue weighted by molar-refractivity contribution is -0.137. The average molecular weight is 222 g/mol. The second kappa shape index (κ2) is 3.92. The summed E-state index contributed by atoms with van der Waals surface area (Å²) >= 11 is 0. The molecule has 0 aliphatic carbocycles. The van der Waals surface area contributed by atoms with E-state index in [1.54, 1.807) is 17.0 Å². The van der Waals surface area contributed by atoms with Gasteiger partial charge in [-0.15, -0.1) is 0 Å². The summed E-state index contributed by atoms with van der Waals surface area (Å²) in [5, 5.41) is 9.23. The number of hydrogen-bond acceptors (Lipinski definition) is 4. The number of aromatic hydroxyl groups is 1. The second-order valence-corrected chi connectivity index (χ2v) is 3.88. The smallest absolute Gasteiger partial charge is 0.219 e. The molecule has 2 rings (SSSR count). The number of phenolic OH excluding ortho intramolecular Hbond substituents is 1. The quantitative estimate of drug-likeness (QED) is 0.567. The van der Waals surface area contributed by atoms with Crippen LogP contribution in [-0.4, -0.2) is 35.1 Å². The Balaban J connectivity index is 1.91. The monoisotopic (exact) mass is 222 g/mol. The van der Waals surface area contributed by atoms with E-state index in [1.807, 2.05) is 0 Å². The lowest BCUT2D eigenvalue weighted by Crippen LogP contribution is -2.55. The molecule has 3 N–H and O–H groups in total.